The summed E-state index contributed by atoms with van der Waals surface area (Å²) in [6.07, 6.45) is 0.812. The van der Waals surface area contributed by atoms with E-state index in [1.165, 1.54) is 0 Å². The van der Waals surface area contributed by atoms with Gasteiger partial charge in [-0.3, -0.25) is 4.79 Å². The molecule has 0 saturated heterocycles. The Balaban J connectivity index is 1.72. The maximum atomic E-state index is 11.3. The Morgan fingerprint density at radius 1 is 0.833 bits per heavy atom. The highest BCUT2D eigenvalue weighted by Gasteiger charge is 2.05. The summed E-state index contributed by atoms with van der Waals surface area (Å²) in [5.41, 5.74) is 3.52. The summed E-state index contributed by atoms with van der Waals surface area (Å²) in [4.78, 5) is 11.3. The third kappa shape index (κ3) is 3.91. The van der Waals surface area contributed by atoms with Crippen LogP contribution in [0.2, 0.25) is 0 Å². The molecule has 3 rings (SSSR count). The van der Waals surface area contributed by atoms with Gasteiger partial charge in [-0.05, 0) is 35.4 Å². The molecule has 0 aromatic heterocycles. The summed E-state index contributed by atoms with van der Waals surface area (Å²) < 4.78 is 5.64. The molecule has 0 fully saturated rings. The van der Waals surface area contributed by atoms with Crippen LogP contribution in [0.15, 0.2) is 78.9 Å². The van der Waals surface area contributed by atoms with Gasteiger partial charge in [0.15, 0.2) is 6.29 Å². The van der Waals surface area contributed by atoms with Crippen molar-refractivity contribution in [3.63, 3.8) is 0 Å². The van der Waals surface area contributed by atoms with Crippen LogP contribution in [0, 0.1) is 11.8 Å². The SMILES string of the molecule is O=Cc1cc(-c2ccccc2)ccc1OCC#Cc1ccccc1. The summed E-state index contributed by atoms with van der Waals surface area (Å²) in [5, 5.41) is 0. The van der Waals surface area contributed by atoms with Gasteiger partial charge in [-0.1, -0.05) is 66.4 Å². The van der Waals surface area contributed by atoms with E-state index in [1.807, 2.05) is 78.9 Å². The van der Waals surface area contributed by atoms with Crippen LogP contribution < -0.4 is 4.74 Å². The molecule has 0 heterocycles. The van der Waals surface area contributed by atoms with E-state index in [2.05, 4.69) is 11.8 Å². The number of hydrogen-bond donors (Lipinski definition) is 0. The normalized spacial score (nSPS) is 9.67. The Morgan fingerprint density at radius 2 is 1.54 bits per heavy atom. The van der Waals surface area contributed by atoms with Gasteiger partial charge in [-0.2, -0.15) is 0 Å². The molecule has 0 aliphatic rings. The van der Waals surface area contributed by atoms with E-state index >= 15 is 0 Å². The zero-order valence-corrected chi connectivity index (χ0v) is 13.1. The molecule has 24 heavy (non-hydrogen) atoms. The minimum atomic E-state index is 0.237. The van der Waals surface area contributed by atoms with Crippen molar-refractivity contribution in [2.75, 3.05) is 6.61 Å². The van der Waals surface area contributed by atoms with E-state index in [1.54, 1.807) is 0 Å². The lowest BCUT2D eigenvalue weighted by Crippen LogP contribution is -1.98. The van der Waals surface area contributed by atoms with Crippen molar-refractivity contribution in [1.82, 2.24) is 0 Å². The van der Waals surface area contributed by atoms with E-state index in [-0.39, 0.29) is 6.61 Å². The second-order valence-electron chi connectivity index (χ2n) is 5.19. The van der Waals surface area contributed by atoms with Crippen molar-refractivity contribution in [2.45, 2.75) is 0 Å². The fraction of sp³-hybridized carbons (Fsp3) is 0.0455. The number of hydrogen-bond acceptors (Lipinski definition) is 2. The average molecular weight is 312 g/mol. The molecular weight excluding hydrogens is 296 g/mol. The van der Waals surface area contributed by atoms with Crippen LogP contribution >= 0.6 is 0 Å². The minimum absolute atomic E-state index is 0.237. The van der Waals surface area contributed by atoms with E-state index in [0.717, 1.165) is 23.0 Å². The topological polar surface area (TPSA) is 26.3 Å². The summed E-state index contributed by atoms with van der Waals surface area (Å²) in [6, 6.07) is 25.2. The minimum Gasteiger partial charge on any atom is -0.480 e. The maximum absolute atomic E-state index is 11.3. The summed E-state index contributed by atoms with van der Waals surface area (Å²) in [7, 11) is 0. The lowest BCUT2D eigenvalue weighted by atomic mass is 10.0. The molecule has 0 amide bonds. The molecule has 2 heteroatoms. The first-order chi connectivity index (χ1) is 11.9. The summed E-state index contributed by atoms with van der Waals surface area (Å²) in [6.45, 7) is 0.237. The number of ether oxygens (including phenoxy) is 1. The predicted octanol–water partition coefficient (Wildman–Crippen LogP) is 4.60. The van der Waals surface area contributed by atoms with Gasteiger partial charge >= 0.3 is 0 Å². The molecular formula is C22H16O2. The fourth-order valence-electron chi connectivity index (χ4n) is 2.36. The lowest BCUT2D eigenvalue weighted by Gasteiger charge is -2.08. The number of carbonyl (C=O) groups excluding carboxylic acids is 1. The first-order valence-electron chi connectivity index (χ1n) is 7.68. The second kappa shape index (κ2) is 7.80. The third-order valence-electron chi connectivity index (χ3n) is 3.55. The van der Waals surface area contributed by atoms with E-state index in [4.69, 9.17) is 4.74 Å². The molecule has 0 unspecified atom stereocenters. The third-order valence-corrected chi connectivity index (χ3v) is 3.55. The lowest BCUT2D eigenvalue weighted by molar-refractivity contribution is 0.112. The molecule has 116 valence electrons. The Bertz CT molecular complexity index is 872. The summed E-state index contributed by atoms with van der Waals surface area (Å²) >= 11 is 0. The Hall–Kier alpha value is -3.31. The molecule has 3 aromatic carbocycles. The van der Waals surface area contributed by atoms with Gasteiger partial charge in [0.25, 0.3) is 0 Å². The van der Waals surface area contributed by atoms with Crippen LogP contribution in [-0.2, 0) is 0 Å². The fourth-order valence-corrected chi connectivity index (χ4v) is 2.36. The molecule has 0 aliphatic heterocycles. The van der Waals surface area contributed by atoms with Crippen molar-refractivity contribution in [3.05, 3.63) is 90.0 Å². The standard InChI is InChI=1S/C22H16O2/c23-17-21-16-20(19-11-5-2-6-12-19)13-14-22(21)24-15-7-10-18-8-3-1-4-9-18/h1-6,8-9,11-14,16-17H,15H2. The van der Waals surface area contributed by atoms with Crippen molar-refractivity contribution in [3.8, 4) is 28.7 Å². The molecule has 0 saturated carbocycles. The number of benzene rings is 3. The monoisotopic (exact) mass is 312 g/mol. The van der Waals surface area contributed by atoms with Crippen molar-refractivity contribution in [2.24, 2.45) is 0 Å². The Labute approximate surface area is 141 Å². The van der Waals surface area contributed by atoms with Crippen LogP contribution in [0.5, 0.6) is 5.75 Å². The highest BCUT2D eigenvalue weighted by atomic mass is 16.5. The largest absolute Gasteiger partial charge is 0.480 e. The van der Waals surface area contributed by atoms with Crippen molar-refractivity contribution >= 4 is 6.29 Å². The maximum Gasteiger partial charge on any atom is 0.153 e. The van der Waals surface area contributed by atoms with Gasteiger partial charge in [0.05, 0.1) is 5.56 Å². The number of carbonyl (C=O) groups is 1. The number of rotatable bonds is 4. The molecule has 0 bridgehead atoms. The molecule has 3 aromatic rings. The highest BCUT2D eigenvalue weighted by molar-refractivity contribution is 5.83. The average Bonchev–Trinajstić information content (AvgIpc) is 2.67. The van der Waals surface area contributed by atoms with E-state index in [9.17, 15) is 4.79 Å². The quantitative estimate of drug-likeness (QED) is 0.520. The van der Waals surface area contributed by atoms with Crippen molar-refractivity contribution < 1.29 is 9.53 Å². The first kappa shape index (κ1) is 15.6. The number of aldehydes is 1. The van der Waals surface area contributed by atoms with Crippen molar-refractivity contribution in [1.29, 1.82) is 0 Å². The first-order valence-corrected chi connectivity index (χ1v) is 7.68. The van der Waals surface area contributed by atoms with E-state index < -0.39 is 0 Å². The van der Waals surface area contributed by atoms with Gasteiger partial charge in [0.1, 0.15) is 12.4 Å². The highest BCUT2D eigenvalue weighted by Crippen LogP contribution is 2.25. The molecule has 0 spiro atoms. The Kier molecular flexibility index (Phi) is 5.07. The van der Waals surface area contributed by atoms with E-state index in [0.29, 0.717) is 11.3 Å². The zero-order valence-electron chi connectivity index (χ0n) is 13.1. The van der Waals surface area contributed by atoms with Crippen LogP contribution in [-0.4, -0.2) is 12.9 Å². The molecule has 0 atom stereocenters. The second-order valence-corrected chi connectivity index (χ2v) is 5.19. The molecule has 2 nitrogen and oxygen atoms in total. The molecule has 0 radical (unpaired) electrons. The van der Waals surface area contributed by atoms with Crippen LogP contribution in [0.1, 0.15) is 15.9 Å². The molecule has 0 aliphatic carbocycles. The van der Waals surface area contributed by atoms with Gasteiger partial charge in [-0.25, -0.2) is 0 Å². The van der Waals surface area contributed by atoms with Gasteiger partial charge in [0.2, 0.25) is 0 Å². The predicted molar refractivity (Wildman–Crippen MR) is 96.1 cm³/mol. The van der Waals surface area contributed by atoms with Gasteiger partial charge in [0, 0.05) is 5.56 Å². The molecule has 0 N–H and O–H groups in total. The van der Waals surface area contributed by atoms with Crippen LogP contribution in [0.4, 0.5) is 0 Å². The van der Waals surface area contributed by atoms with Crippen LogP contribution in [0.3, 0.4) is 0 Å². The van der Waals surface area contributed by atoms with Gasteiger partial charge < -0.3 is 4.74 Å². The Morgan fingerprint density at radius 3 is 2.25 bits per heavy atom. The zero-order chi connectivity index (χ0) is 16.6. The smallest absolute Gasteiger partial charge is 0.153 e. The summed E-state index contributed by atoms with van der Waals surface area (Å²) in [5.74, 6) is 6.53. The van der Waals surface area contributed by atoms with Gasteiger partial charge in [-0.15, -0.1) is 0 Å². The van der Waals surface area contributed by atoms with Crippen LogP contribution in [0.25, 0.3) is 11.1 Å².